The van der Waals surface area contributed by atoms with Crippen LogP contribution in [0.2, 0.25) is 0 Å². The number of allylic oxidation sites excluding steroid dienone is 1. The van der Waals surface area contributed by atoms with Crippen molar-refractivity contribution in [2.75, 3.05) is 0 Å². The quantitative estimate of drug-likeness (QED) is 0.215. The van der Waals surface area contributed by atoms with Crippen molar-refractivity contribution in [2.45, 2.75) is 26.3 Å². The number of rotatable bonds is 4. The molecular weight excluding hydrogens is 484 g/mol. The van der Waals surface area contributed by atoms with Crippen LogP contribution in [0.3, 0.4) is 0 Å². The molecule has 0 fully saturated rings. The van der Waals surface area contributed by atoms with E-state index in [1.165, 1.54) is 43.8 Å². The second-order valence-electron chi connectivity index (χ2n) is 11.2. The highest BCUT2D eigenvalue weighted by Crippen LogP contribution is 2.44. The van der Waals surface area contributed by atoms with E-state index in [4.69, 9.17) is 9.98 Å². The second-order valence-corrected chi connectivity index (χ2v) is 11.2. The summed E-state index contributed by atoms with van der Waals surface area (Å²) >= 11 is 0. The number of benzene rings is 5. The summed E-state index contributed by atoms with van der Waals surface area (Å²) in [7, 11) is 0. The molecule has 0 N–H and O–H groups in total. The van der Waals surface area contributed by atoms with Crippen LogP contribution in [0.5, 0.6) is 0 Å². The summed E-state index contributed by atoms with van der Waals surface area (Å²) in [5.74, 6) is 0. The minimum Gasteiger partial charge on any atom is -0.275 e. The maximum Gasteiger partial charge on any atom is 0.0742 e. The van der Waals surface area contributed by atoms with Crippen LogP contribution in [0.4, 0.5) is 0 Å². The Morgan fingerprint density at radius 2 is 1.07 bits per heavy atom. The van der Waals surface area contributed by atoms with Gasteiger partial charge >= 0.3 is 0 Å². The number of nitrogens with zero attached hydrogens (tertiary/aromatic N) is 2. The average Bonchev–Trinajstić information content (AvgIpc) is 3.36. The topological polar surface area (TPSA) is 25.2 Å². The molecule has 2 heteroatoms. The number of aliphatic imine (C=N–C) groups is 1. The van der Waals surface area contributed by atoms with E-state index in [1.807, 2.05) is 6.20 Å². The molecule has 0 bridgehead atoms. The Morgan fingerprint density at radius 3 is 1.57 bits per heavy atom. The maximum atomic E-state index is 4.94. The van der Waals surface area contributed by atoms with Crippen molar-refractivity contribution in [3.05, 3.63) is 139 Å². The molecule has 7 rings (SSSR count). The van der Waals surface area contributed by atoms with Crippen LogP contribution in [-0.4, -0.2) is 16.2 Å². The summed E-state index contributed by atoms with van der Waals surface area (Å²) in [5.41, 5.74) is 10.2. The fraction of sp³-hybridized carbons (Fsp3) is 0.105. The highest BCUT2D eigenvalue weighted by atomic mass is 14.9. The van der Waals surface area contributed by atoms with Gasteiger partial charge in [0.25, 0.3) is 0 Å². The van der Waals surface area contributed by atoms with Gasteiger partial charge in [0, 0.05) is 17.3 Å². The number of hydrogen-bond acceptors (Lipinski definition) is 2. The van der Waals surface area contributed by atoms with Gasteiger partial charge in [-0.1, -0.05) is 97.1 Å². The Balaban J connectivity index is 1.47. The highest BCUT2D eigenvalue weighted by molar-refractivity contribution is 6.22. The summed E-state index contributed by atoms with van der Waals surface area (Å²) in [6.07, 6.45) is 6.26. The molecule has 2 heterocycles. The standard InChI is InChI=1S/C38H30N2/c1-25-18-19-34(39-24-25)26-10-8-12-28(22-26)36-30-14-4-6-16-32(30)37(33-17-7-5-15-31(33)36)29-13-9-11-27(23-29)35-20-21-38(2,3)40-35/h4-24H,1-3H3. The smallest absolute Gasteiger partial charge is 0.0742 e. The first-order valence-electron chi connectivity index (χ1n) is 13.8. The van der Waals surface area contributed by atoms with Crippen LogP contribution in [0.25, 0.3) is 55.1 Å². The largest absolute Gasteiger partial charge is 0.275 e. The van der Waals surface area contributed by atoms with Gasteiger partial charge in [0.15, 0.2) is 0 Å². The van der Waals surface area contributed by atoms with Crippen LogP contribution in [-0.2, 0) is 0 Å². The zero-order valence-corrected chi connectivity index (χ0v) is 23.0. The SMILES string of the molecule is Cc1ccc(-c2cccc(-c3c4ccccc4c(-c4cccc(C5=NC(C)(C)C=C5)c4)c4ccccc34)c2)nc1. The van der Waals surface area contributed by atoms with Gasteiger partial charge in [-0.25, -0.2) is 0 Å². The Bertz CT molecular complexity index is 1920. The van der Waals surface area contributed by atoms with Crippen molar-refractivity contribution in [1.29, 1.82) is 0 Å². The number of pyridine rings is 1. The molecular formula is C38H30N2. The molecule has 2 nitrogen and oxygen atoms in total. The summed E-state index contributed by atoms with van der Waals surface area (Å²) in [4.78, 5) is 9.64. The van der Waals surface area contributed by atoms with Gasteiger partial charge in [-0.3, -0.25) is 9.98 Å². The first kappa shape index (κ1) is 24.2. The number of aryl methyl sites for hydroxylation is 1. The van der Waals surface area contributed by atoms with Crippen molar-refractivity contribution in [3.8, 4) is 33.5 Å². The van der Waals surface area contributed by atoms with Crippen LogP contribution in [0.15, 0.2) is 133 Å². The van der Waals surface area contributed by atoms with E-state index in [-0.39, 0.29) is 5.54 Å². The first-order chi connectivity index (χ1) is 19.5. The van der Waals surface area contributed by atoms with Crippen molar-refractivity contribution in [2.24, 2.45) is 4.99 Å². The lowest BCUT2D eigenvalue weighted by Crippen LogP contribution is -2.09. The molecule has 0 unspecified atom stereocenters. The van der Waals surface area contributed by atoms with Gasteiger partial charge in [0.05, 0.1) is 16.9 Å². The molecule has 0 saturated carbocycles. The predicted octanol–water partition coefficient (Wildman–Crippen LogP) is 9.83. The molecule has 6 aromatic rings. The summed E-state index contributed by atoms with van der Waals surface area (Å²) < 4.78 is 0. The average molecular weight is 515 g/mol. The molecule has 5 aromatic carbocycles. The zero-order chi connectivity index (χ0) is 27.3. The van der Waals surface area contributed by atoms with E-state index in [0.29, 0.717) is 0 Å². The van der Waals surface area contributed by atoms with Gasteiger partial charge in [0.2, 0.25) is 0 Å². The Morgan fingerprint density at radius 1 is 0.550 bits per heavy atom. The first-order valence-corrected chi connectivity index (χ1v) is 13.8. The molecule has 1 aliphatic rings. The molecule has 0 saturated heterocycles. The molecule has 0 aliphatic carbocycles. The van der Waals surface area contributed by atoms with E-state index in [0.717, 1.165) is 28.1 Å². The molecule has 0 radical (unpaired) electrons. The monoisotopic (exact) mass is 514 g/mol. The van der Waals surface area contributed by atoms with Crippen LogP contribution in [0.1, 0.15) is 25.0 Å². The summed E-state index contributed by atoms with van der Waals surface area (Å²) in [6, 6.07) is 39.5. The third-order valence-corrected chi connectivity index (χ3v) is 7.79. The molecule has 1 aliphatic heterocycles. The molecule has 1 aromatic heterocycles. The molecule has 40 heavy (non-hydrogen) atoms. The molecule has 192 valence electrons. The lowest BCUT2D eigenvalue weighted by atomic mass is 9.85. The number of fused-ring (bicyclic) bond motifs is 2. The maximum absolute atomic E-state index is 4.94. The van der Waals surface area contributed by atoms with Gasteiger partial charge in [-0.15, -0.1) is 0 Å². The van der Waals surface area contributed by atoms with Gasteiger partial charge in [0.1, 0.15) is 0 Å². The summed E-state index contributed by atoms with van der Waals surface area (Å²) in [5, 5.41) is 4.98. The van der Waals surface area contributed by atoms with E-state index >= 15 is 0 Å². The Labute approximate surface area is 235 Å². The molecule has 0 amide bonds. The zero-order valence-electron chi connectivity index (χ0n) is 23.0. The van der Waals surface area contributed by atoms with Crippen molar-refractivity contribution in [3.63, 3.8) is 0 Å². The normalized spacial score (nSPS) is 14.1. The minimum absolute atomic E-state index is 0.158. The predicted molar refractivity (Wildman–Crippen MR) is 170 cm³/mol. The molecule has 0 spiro atoms. The van der Waals surface area contributed by atoms with E-state index in [2.05, 4.69) is 142 Å². The fourth-order valence-corrected chi connectivity index (χ4v) is 5.89. The third kappa shape index (κ3) is 4.23. The Kier molecular flexibility index (Phi) is 5.71. The van der Waals surface area contributed by atoms with Crippen molar-refractivity contribution < 1.29 is 0 Å². The van der Waals surface area contributed by atoms with Gasteiger partial charge < -0.3 is 0 Å². The van der Waals surface area contributed by atoms with E-state index in [1.54, 1.807) is 0 Å². The van der Waals surface area contributed by atoms with Crippen molar-refractivity contribution >= 4 is 27.3 Å². The second kappa shape index (κ2) is 9.43. The lowest BCUT2D eigenvalue weighted by molar-refractivity contribution is 0.670. The van der Waals surface area contributed by atoms with E-state index < -0.39 is 0 Å². The lowest BCUT2D eigenvalue weighted by Gasteiger charge is -2.18. The van der Waals surface area contributed by atoms with Gasteiger partial charge in [-0.05, 0) is 94.4 Å². The number of hydrogen-bond donors (Lipinski definition) is 0. The summed E-state index contributed by atoms with van der Waals surface area (Å²) in [6.45, 7) is 6.36. The van der Waals surface area contributed by atoms with Crippen molar-refractivity contribution in [1.82, 2.24) is 4.98 Å². The van der Waals surface area contributed by atoms with Gasteiger partial charge in [-0.2, -0.15) is 0 Å². The third-order valence-electron chi connectivity index (χ3n) is 7.79. The minimum atomic E-state index is -0.158. The Hall–Kier alpha value is -4.82. The highest BCUT2D eigenvalue weighted by Gasteiger charge is 2.21. The van der Waals surface area contributed by atoms with Crippen LogP contribution in [0, 0.1) is 6.92 Å². The van der Waals surface area contributed by atoms with Crippen LogP contribution >= 0.6 is 0 Å². The van der Waals surface area contributed by atoms with Crippen LogP contribution < -0.4 is 0 Å². The fourth-order valence-electron chi connectivity index (χ4n) is 5.89. The molecule has 0 atom stereocenters. The number of aromatic nitrogens is 1. The van der Waals surface area contributed by atoms with E-state index in [9.17, 15) is 0 Å².